The largest absolute Gasteiger partial charge is 0.477 e. The predicted octanol–water partition coefficient (Wildman–Crippen LogP) is 11.2. The van der Waals surface area contributed by atoms with Crippen LogP contribution in [-0.4, -0.2) is 87.4 Å². The molecular formula is C46H82NO8+. The molecule has 0 aromatic heterocycles. The van der Waals surface area contributed by atoms with E-state index < -0.39 is 24.3 Å². The zero-order valence-corrected chi connectivity index (χ0v) is 35.8. The lowest BCUT2D eigenvalue weighted by Crippen LogP contribution is -2.40. The molecule has 1 N–H and O–H groups in total. The number of aliphatic carboxylic acids is 1. The molecule has 0 spiro atoms. The quantitative estimate of drug-likeness (QED) is 0.0216. The number of rotatable bonds is 39. The van der Waals surface area contributed by atoms with E-state index in [0.29, 0.717) is 23.9 Å². The third-order valence-electron chi connectivity index (χ3n) is 9.10. The third kappa shape index (κ3) is 39.3. The maximum Gasteiger partial charge on any atom is 0.361 e. The number of quaternary nitrogens is 1. The van der Waals surface area contributed by atoms with Crippen LogP contribution in [-0.2, 0) is 33.3 Å². The SMILES string of the molecule is CC/C=C\C/C=C\C/C=C\C/C=C\CCCCC(=O)OC(COC(=O)CCCCCCCCCCCCCCCCC)COC(OCC[N+](C)(C)C)C(=O)O. The second kappa shape index (κ2) is 38.1. The lowest BCUT2D eigenvalue weighted by atomic mass is 10.0. The summed E-state index contributed by atoms with van der Waals surface area (Å²) in [5.41, 5.74) is 0. The van der Waals surface area contributed by atoms with Crippen LogP contribution in [0.25, 0.3) is 0 Å². The Kier molecular flexibility index (Phi) is 36.2. The number of carboxylic acids is 1. The first kappa shape index (κ1) is 52.2. The van der Waals surface area contributed by atoms with Crippen LogP contribution in [0.4, 0.5) is 0 Å². The maximum atomic E-state index is 12.7. The van der Waals surface area contributed by atoms with E-state index in [-0.39, 0.29) is 32.2 Å². The van der Waals surface area contributed by atoms with Crippen LogP contribution in [0.5, 0.6) is 0 Å². The molecule has 0 radical (unpaired) electrons. The summed E-state index contributed by atoms with van der Waals surface area (Å²) in [6, 6.07) is 0. The second-order valence-electron chi connectivity index (χ2n) is 15.6. The van der Waals surface area contributed by atoms with Gasteiger partial charge in [-0.2, -0.15) is 0 Å². The molecule has 0 aromatic carbocycles. The van der Waals surface area contributed by atoms with Crippen molar-refractivity contribution in [3.05, 3.63) is 48.6 Å². The molecule has 0 aliphatic carbocycles. The summed E-state index contributed by atoms with van der Waals surface area (Å²) in [6.07, 6.45) is 40.3. The van der Waals surface area contributed by atoms with Crippen LogP contribution in [0.3, 0.4) is 0 Å². The Balaban J connectivity index is 4.52. The maximum absolute atomic E-state index is 12.7. The van der Waals surface area contributed by atoms with Crippen molar-refractivity contribution in [2.75, 3.05) is 47.5 Å². The average Bonchev–Trinajstić information content (AvgIpc) is 3.14. The first-order chi connectivity index (χ1) is 26.6. The fraction of sp³-hybridized carbons (Fsp3) is 0.761. The van der Waals surface area contributed by atoms with Crippen molar-refractivity contribution in [1.82, 2.24) is 0 Å². The minimum absolute atomic E-state index is 0.179. The van der Waals surface area contributed by atoms with E-state index in [4.69, 9.17) is 18.9 Å². The molecule has 0 saturated carbocycles. The van der Waals surface area contributed by atoms with Gasteiger partial charge in [-0.05, 0) is 51.4 Å². The summed E-state index contributed by atoms with van der Waals surface area (Å²) < 4.78 is 22.7. The molecule has 9 heteroatoms. The minimum Gasteiger partial charge on any atom is -0.477 e. The molecule has 0 bridgehead atoms. The van der Waals surface area contributed by atoms with Crippen molar-refractivity contribution >= 4 is 17.9 Å². The highest BCUT2D eigenvalue weighted by molar-refractivity contribution is 5.71. The normalized spacial score (nSPS) is 13.4. The van der Waals surface area contributed by atoms with Gasteiger partial charge in [0.25, 0.3) is 6.29 Å². The highest BCUT2D eigenvalue weighted by Crippen LogP contribution is 2.14. The van der Waals surface area contributed by atoms with Crippen molar-refractivity contribution < 1.29 is 42.9 Å². The minimum atomic E-state index is -1.52. The van der Waals surface area contributed by atoms with E-state index >= 15 is 0 Å². The molecule has 0 amide bonds. The lowest BCUT2D eigenvalue weighted by molar-refractivity contribution is -0.870. The molecule has 0 rings (SSSR count). The number of nitrogens with zero attached hydrogens (tertiary/aromatic N) is 1. The van der Waals surface area contributed by atoms with E-state index in [2.05, 4.69) is 62.5 Å². The van der Waals surface area contributed by atoms with Gasteiger partial charge in [0.2, 0.25) is 0 Å². The summed E-state index contributed by atoms with van der Waals surface area (Å²) in [5, 5.41) is 9.62. The number of ether oxygens (including phenoxy) is 4. The van der Waals surface area contributed by atoms with Crippen molar-refractivity contribution in [2.45, 2.75) is 180 Å². The van der Waals surface area contributed by atoms with Crippen LogP contribution in [0, 0.1) is 0 Å². The topological polar surface area (TPSA) is 108 Å². The fourth-order valence-corrected chi connectivity index (χ4v) is 5.71. The number of carboxylic acid groups (broad SMARTS) is 1. The molecular weight excluding hydrogens is 695 g/mol. The van der Waals surface area contributed by atoms with Gasteiger partial charge in [-0.1, -0.05) is 152 Å². The Bertz CT molecular complexity index is 1050. The zero-order chi connectivity index (χ0) is 40.7. The van der Waals surface area contributed by atoms with Crippen molar-refractivity contribution in [2.24, 2.45) is 0 Å². The highest BCUT2D eigenvalue weighted by Gasteiger charge is 2.25. The summed E-state index contributed by atoms with van der Waals surface area (Å²) >= 11 is 0. The molecule has 55 heavy (non-hydrogen) atoms. The molecule has 9 nitrogen and oxygen atoms in total. The summed E-state index contributed by atoms with van der Waals surface area (Å²) in [6.45, 7) is 4.70. The van der Waals surface area contributed by atoms with Crippen molar-refractivity contribution in [1.29, 1.82) is 0 Å². The van der Waals surface area contributed by atoms with Crippen LogP contribution in [0.1, 0.15) is 168 Å². The van der Waals surface area contributed by atoms with Crippen LogP contribution < -0.4 is 0 Å². The Morgan fingerprint density at radius 1 is 0.564 bits per heavy atom. The van der Waals surface area contributed by atoms with Gasteiger partial charge in [0, 0.05) is 12.8 Å². The Hall–Kier alpha value is -2.75. The van der Waals surface area contributed by atoms with Crippen LogP contribution >= 0.6 is 0 Å². The van der Waals surface area contributed by atoms with Crippen LogP contribution in [0.2, 0.25) is 0 Å². The van der Waals surface area contributed by atoms with E-state index in [1.54, 1.807) is 0 Å². The first-order valence-corrected chi connectivity index (χ1v) is 21.8. The molecule has 0 aliphatic heterocycles. The number of allylic oxidation sites excluding steroid dienone is 8. The molecule has 318 valence electrons. The standard InChI is InChI=1S/C46H81NO8/c1-6-8-10-12-14-16-18-20-22-24-26-28-30-32-34-36-43(48)53-40-42(41-54-46(45(50)51)52-39-38-47(3,4)5)55-44(49)37-35-33-31-29-27-25-23-21-19-17-15-13-11-9-7-2/h9,11,15,17,21,23,27,29,42,46H,6-8,10,12-14,16,18-20,22,24-26,28,30-41H2,1-5H3/p+1/b11-9-,17-15-,23-21-,29-27-. The number of carbonyl (C=O) groups is 3. The van der Waals surface area contributed by atoms with Crippen molar-refractivity contribution in [3.8, 4) is 0 Å². The summed E-state index contributed by atoms with van der Waals surface area (Å²) in [4.78, 5) is 37.0. The fourth-order valence-electron chi connectivity index (χ4n) is 5.71. The lowest BCUT2D eigenvalue weighted by Gasteiger charge is -2.25. The Labute approximate surface area is 336 Å². The summed E-state index contributed by atoms with van der Waals surface area (Å²) in [5.74, 6) is -2.06. The molecule has 2 unspecified atom stereocenters. The van der Waals surface area contributed by atoms with Crippen LogP contribution in [0.15, 0.2) is 48.6 Å². The van der Waals surface area contributed by atoms with Gasteiger partial charge in [-0.25, -0.2) is 4.79 Å². The monoisotopic (exact) mass is 777 g/mol. The van der Waals surface area contributed by atoms with E-state index in [1.807, 2.05) is 21.1 Å². The zero-order valence-electron chi connectivity index (χ0n) is 35.8. The second-order valence-corrected chi connectivity index (χ2v) is 15.6. The van der Waals surface area contributed by atoms with Crippen molar-refractivity contribution in [3.63, 3.8) is 0 Å². The molecule has 0 aromatic rings. The van der Waals surface area contributed by atoms with Gasteiger partial charge in [-0.3, -0.25) is 9.59 Å². The number of unbranched alkanes of at least 4 members (excludes halogenated alkanes) is 16. The first-order valence-electron chi connectivity index (χ1n) is 21.8. The van der Waals surface area contributed by atoms with E-state index in [0.717, 1.165) is 57.8 Å². The number of likely N-dealkylation sites (N-methyl/N-ethyl adjacent to an activating group) is 1. The highest BCUT2D eigenvalue weighted by atomic mass is 16.7. The number of esters is 2. The number of carbonyl (C=O) groups excluding carboxylic acids is 2. The molecule has 2 atom stereocenters. The average molecular weight is 777 g/mol. The van der Waals surface area contributed by atoms with E-state index in [9.17, 15) is 19.5 Å². The van der Waals surface area contributed by atoms with Gasteiger partial charge in [-0.15, -0.1) is 0 Å². The number of hydrogen-bond donors (Lipinski definition) is 1. The molecule has 0 heterocycles. The number of hydrogen-bond acceptors (Lipinski definition) is 7. The van der Waals surface area contributed by atoms with Gasteiger partial charge < -0.3 is 28.5 Å². The third-order valence-corrected chi connectivity index (χ3v) is 9.10. The van der Waals surface area contributed by atoms with E-state index in [1.165, 1.54) is 77.0 Å². The summed E-state index contributed by atoms with van der Waals surface area (Å²) in [7, 11) is 5.93. The van der Waals surface area contributed by atoms with Gasteiger partial charge in [0.1, 0.15) is 13.2 Å². The molecule has 0 aliphatic rings. The van der Waals surface area contributed by atoms with Gasteiger partial charge in [0.05, 0.1) is 34.4 Å². The van der Waals surface area contributed by atoms with Gasteiger partial charge >= 0.3 is 17.9 Å². The van der Waals surface area contributed by atoms with Gasteiger partial charge in [0.15, 0.2) is 6.10 Å². The Morgan fingerprint density at radius 2 is 1.04 bits per heavy atom. The molecule has 0 fully saturated rings. The molecule has 0 saturated heterocycles. The predicted molar refractivity (Wildman–Crippen MR) is 226 cm³/mol. The smallest absolute Gasteiger partial charge is 0.361 e. The Morgan fingerprint density at radius 3 is 1.55 bits per heavy atom.